The maximum Gasteiger partial charge on any atom is 0.257 e. The van der Waals surface area contributed by atoms with Crippen molar-refractivity contribution >= 4 is 23.4 Å². The van der Waals surface area contributed by atoms with E-state index >= 15 is 0 Å². The van der Waals surface area contributed by atoms with Crippen LogP contribution in [-0.4, -0.2) is 44.6 Å². The summed E-state index contributed by atoms with van der Waals surface area (Å²) in [4.78, 5) is 30.7. The van der Waals surface area contributed by atoms with Gasteiger partial charge in [-0.25, -0.2) is 4.39 Å². The van der Waals surface area contributed by atoms with Crippen molar-refractivity contribution in [3.8, 4) is 0 Å². The Hall–Kier alpha value is -3.26. The summed E-state index contributed by atoms with van der Waals surface area (Å²) in [5, 5.41) is 7.76. The van der Waals surface area contributed by atoms with Gasteiger partial charge in [0.05, 0.1) is 16.8 Å². The fraction of sp³-hybridized carbons (Fsp3) is 0.273. The number of aromatic nitrogens is 3. The van der Waals surface area contributed by atoms with E-state index in [4.69, 9.17) is 11.6 Å². The number of carbonyl (C=O) groups is 2. The molecule has 0 aliphatic carbocycles. The molecule has 1 aliphatic heterocycles. The maximum absolute atomic E-state index is 14.2. The molecule has 1 N–H and O–H groups in total. The van der Waals surface area contributed by atoms with Crippen LogP contribution in [0.3, 0.4) is 0 Å². The van der Waals surface area contributed by atoms with Crippen molar-refractivity contribution in [1.82, 2.24) is 25.0 Å². The number of hydrogen-bond acceptors (Lipinski definition) is 4. The number of carbonyl (C=O) groups excluding carboxylic acids is 2. The number of nitrogens with one attached hydrogen (secondary N) is 1. The first-order valence-electron chi connectivity index (χ1n) is 9.90. The molecule has 160 valence electrons. The van der Waals surface area contributed by atoms with Crippen molar-refractivity contribution in [1.29, 1.82) is 0 Å². The zero-order chi connectivity index (χ0) is 22.0. The monoisotopic (exact) mass is 441 g/mol. The Kier molecular flexibility index (Phi) is 5.99. The lowest BCUT2D eigenvalue weighted by atomic mass is 10.0. The van der Waals surface area contributed by atoms with E-state index in [1.807, 2.05) is 11.7 Å². The van der Waals surface area contributed by atoms with E-state index in [-0.39, 0.29) is 11.5 Å². The van der Waals surface area contributed by atoms with Gasteiger partial charge in [0.2, 0.25) is 0 Å². The fourth-order valence-corrected chi connectivity index (χ4v) is 3.94. The molecule has 3 heterocycles. The SMILES string of the molecule is Cn1nc(CCNC(=O)c2cccnc2)c2c1CCN(C(=O)c1cc(Cl)ccc1F)C2. The third-order valence-electron chi connectivity index (χ3n) is 5.34. The highest BCUT2D eigenvalue weighted by atomic mass is 35.5. The van der Waals surface area contributed by atoms with Crippen LogP contribution in [0, 0.1) is 5.82 Å². The quantitative estimate of drug-likeness (QED) is 0.660. The molecule has 1 aliphatic rings. The molecular weight excluding hydrogens is 421 g/mol. The summed E-state index contributed by atoms with van der Waals surface area (Å²) in [6.07, 6.45) is 4.26. The predicted octanol–water partition coefficient (Wildman–Crippen LogP) is 2.78. The van der Waals surface area contributed by atoms with Crippen LogP contribution in [0.2, 0.25) is 5.02 Å². The minimum Gasteiger partial charge on any atom is -0.352 e. The maximum atomic E-state index is 14.2. The molecule has 0 atom stereocenters. The molecule has 31 heavy (non-hydrogen) atoms. The third kappa shape index (κ3) is 4.44. The van der Waals surface area contributed by atoms with E-state index in [2.05, 4.69) is 15.4 Å². The van der Waals surface area contributed by atoms with E-state index in [0.717, 1.165) is 17.0 Å². The molecule has 4 rings (SSSR count). The first kappa shape index (κ1) is 21.0. The Morgan fingerprint density at radius 2 is 2.13 bits per heavy atom. The molecule has 3 aromatic rings. The van der Waals surface area contributed by atoms with Gasteiger partial charge in [-0.05, 0) is 30.3 Å². The van der Waals surface area contributed by atoms with E-state index in [1.165, 1.54) is 24.4 Å². The molecule has 0 unspecified atom stereocenters. The van der Waals surface area contributed by atoms with Crippen LogP contribution in [0.4, 0.5) is 4.39 Å². The second-order valence-corrected chi connectivity index (χ2v) is 7.78. The Bertz CT molecular complexity index is 1130. The van der Waals surface area contributed by atoms with Crippen LogP contribution in [0.15, 0.2) is 42.7 Å². The average molecular weight is 442 g/mol. The van der Waals surface area contributed by atoms with E-state index < -0.39 is 11.7 Å². The predicted molar refractivity (Wildman–Crippen MR) is 113 cm³/mol. The summed E-state index contributed by atoms with van der Waals surface area (Å²) in [7, 11) is 1.87. The van der Waals surface area contributed by atoms with Gasteiger partial charge >= 0.3 is 0 Å². The van der Waals surface area contributed by atoms with Gasteiger partial charge in [-0.1, -0.05) is 11.6 Å². The molecule has 0 spiro atoms. The van der Waals surface area contributed by atoms with Gasteiger partial charge < -0.3 is 10.2 Å². The molecule has 0 bridgehead atoms. The van der Waals surface area contributed by atoms with Crippen LogP contribution >= 0.6 is 11.6 Å². The molecule has 0 radical (unpaired) electrons. The lowest BCUT2D eigenvalue weighted by Crippen LogP contribution is -2.37. The summed E-state index contributed by atoms with van der Waals surface area (Å²) in [5.41, 5.74) is 3.26. The van der Waals surface area contributed by atoms with Gasteiger partial charge in [-0.3, -0.25) is 19.3 Å². The first-order chi connectivity index (χ1) is 14.9. The molecule has 2 amide bonds. The zero-order valence-electron chi connectivity index (χ0n) is 16.9. The number of halogens is 2. The molecule has 2 aromatic heterocycles. The van der Waals surface area contributed by atoms with Crippen LogP contribution < -0.4 is 5.32 Å². The number of aryl methyl sites for hydroxylation is 1. The summed E-state index contributed by atoms with van der Waals surface area (Å²) in [5.74, 6) is -1.19. The summed E-state index contributed by atoms with van der Waals surface area (Å²) in [6.45, 7) is 1.20. The van der Waals surface area contributed by atoms with Gasteiger partial charge in [-0.15, -0.1) is 0 Å². The number of pyridine rings is 1. The fourth-order valence-electron chi connectivity index (χ4n) is 3.77. The number of nitrogens with zero attached hydrogens (tertiary/aromatic N) is 4. The molecule has 7 nitrogen and oxygen atoms in total. The summed E-state index contributed by atoms with van der Waals surface area (Å²) >= 11 is 5.95. The number of fused-ring (bicyclic) bond motifs is 1. The van der Waals surface area contributed by atoms with Crippen LogP contribution in [-0.2, 0) is 26.4 Å². The van der Waals surface area contributed by atoms with Gasteiger partial charge in [-0.2, -0.15) is 5.10 Å². The zero-order valence-corrected chi connectivity index (χ0v) is 17.7. The Labute approximate surface area is 183 Å². The highest BCUT2D eigenvalue weighted by Gasteiger charge is 2.28. The number of amides is 2. The highest BCUT2D eigenvalue weighted by molar-refractivity contribution is 6.31. The Morgan fingerprint density at radius 3 is 2.90 bits per heavy atom. The Morgan fingerprint density at radius 1 is 1.29 bits per heavy atom. The van der Waals surface area contributed by atoms with Crippen molar-refractivity contribution in [3.05, 3.63) is 81.6 Å². The van der Waals surface area contributed by atoms with Crippen molar-refractivity contribution in [3.63, 3.8) is 0 Å². The lowest BCUT2D eigenvalue weighted by Gasteiger charge is -2.28. The summed E-state index contributed by atoms with van der Waals surface area (Å²) in [6, 6.07) is 7.38. The van der Waals surface area contributed by atoms with Crippen LogP contribution in [0.25, 0.3) is 0 Å². The van der Waals surface area contributed by atoms with Crippen molar-refractivity contribution < 1.29 is 14.0 Å². The second-order valence-electron chi connectivity index (χ2n) is 7.34. The van der Waals surface area contributed by atoms with Crippen LogP contribution in [0.1, 0.15) is 37.7 Å². The third-order valence-corrected chi connectivity index (χ3v) is 5.58. The standard InChI is InChI=1S/C22H21ClFN5O2/c1-28-20-7-10-29(22(31)16-11-15(23)4-5-18(16)24)13-17(20)19(27-28)6-9-26-21(30)14-3-2-8-25-12-14/h2-5,8,11-12H,6-7,9-10,13H2,1H3,(H,26,30). The second kappa shape index (κ2) is 8.85. The molecule has 0 saturated carbocycles. The van der Waals surface area contributed by atoms with Crippen LogP contribution in [0.5, 0.6) is 0 Å². The lowest BCUT2D eigenvalue weighted by molar-refractivity contribution is 0.0728. The largest absolute Gasteiger partial charge is 0.352 e. The van der Waals surface area contributed by atoms with Crippen molar-refractivity contribution in [2.45, 2.75) is 19.4 Å². The molecule has 9 heteroatoms. The number of hydrogen-bond donors (Lipinski definition) is 1. The summed E-state index contributed by atoms with van der Waals surface area (Å²) < 4.78 is 16.0. The van der Waals surface area contributed by atoms with Gasteiger partial charge in [0.15, 0.2) is 0 Å². The number of benzene rings is 1. The Balaban J connectivity index is 1.46. The van der Waals surface area contributed by atoms with Crippen molar-refractivity contribution in [2.75, 3.05) is 13.1 Å². The van der Waals surface area contributed by atoms with E-state index in [9.17, 15) is 14.0 Å². The normalized spacial score (nSPS) is 13.1. The highest BCUT2D eigenvalue weighted by Crippen LogP contribution is 2.25. The van der Waals surface area contributed by atoms with Gasteiger partial charge in [0.1, 0.15) is 5.82 Å². The average Bonchev–Trinajstić information content (AvgIpc) is 3.10. The van der Waals surface area contributed by atoms with Gasteiger partial charge in [0, 0.05) is 68.2 Å². The smallest absolute Gasteiger partial charge is 0.257 e. The molecule has 0 fully saturated rings. The first-order valence-corrected chi connectivity index (χ1v) is 10.3. The minimum absolute atomic E-state index is 0.0369. The molecule has 1 aromatic carbocycles. The van der Waals surface area contributed by atoms with Gasteiger partial charge in [0.25, 0.3) is 11.8 Å². The minimum atomic E-state index is -0.593. The molecule has 0 saturated heterocycles. The van der Waals surface area contributed by atoms with Crippen molar-refractivity contribution in [2.24, 2.45) is 7.05 Å². The topological polar surface area (TPSA) is 80.1 Å². The van der Waals surface area contributed by atoms with E-state index in [0.29, 0.717) is 43.1 Å². The van der Waals surface area contributed by atoms with E-state index in [1.54, 1.807) is 23.2 Å². The number of rotatable bonds is 5. The molecular formula is C22H21ClFN5O2.